The maximum absolute atomic E-state index is 12.3. The SMILES string of the molecule is Cn1nncc1CN1CCC(Cn2cnc(C3CC3)cc2=O)CC1. The topological polar surface area (TPSA) is 68.8 Å². The van der Waals surface area contributed by atoms with E-state index in [0.717, 1.165) is 50.4 Å². The van der Waals surface area contributed by atoms with Crippen molar-refractivity contribution in [1.82, 2.24) is 29.4 Å². The molecule has 24 heavy (non-hydrogen) atoms. The minimum Gasteiger partial charge on any atom is -0.299 e. The second kappa shape index (κ2) is 6.47. The summed E-state index contributed by atoms with van der Waals surface area (Å²) in [6.45, 7) is 3.79. The molecule has 0 spiro atoms. The van der Waals surface area contributed by atoms with E-state index in [4.69, 9.17) is 0 Å². The van der Waals surface area contributed by atoms with E-state index in [1.807, 2.05) is 17.9 Å². The number of aryl methyl sites for hydroxylation is 1. The molecule has 0 N–H and O–H groups in total. The van der Waals surface area contributed by atoms with Gasteiger partial charge in [-0.3, -0.25) is 18.9 Å². The Balaban J connectivity index is 1.31. The Morgan fingerprint density at radius 2 is 2.00 bits per heavy atom. The zero-order valence-corrected chi connectivity index (χ0v) is 14.1. The summed E-state index contributed by atoms with van der Waals surface area (Å²) in [6, 6.07) is 1.74. The number of hydrogen-bond donors (Lipinski definition) is 0. The summed E-state index contributed by atoms with van der Waals surface area (Å²) >= 11 is 0. The van der Waals surface area contributed by atoms with Gasteiger partial charge in [-0.2, -0.15) is 0 Å². The molecule has 7 nitrogen and oxygen atoms in total. The predicted molar refractivity (Wildman–Crippen MR) is 89.5 cm³/mol. The van der Waals surface area contributed by atoms with Gasteiger partial charge in [-0.25, -0.2) is 4.98 Å². The van der Waals surface area contributed by atoms with Crippen LogP contribution in [-0.2, 0) is 20.1 Å². The van der Waals surface area contributed by atoms with Crippen LogP contribution in [0.15, 0.2) is 23.4 Å². The molecule has 2 fully saturated rings. The van der Waals surface area contributed by atoms with E-state index in [9.17, 15) is 4.79 Å². The van der Waals surface area contributed by atoms with Crippen LogP contribution in [0.4, 0.5) is 0 Å². The van der Waals surface area contributed by atoms with Gasteiger partial charge in [-0.15, -0.1) is 5.10 Å². The van der Waals surface area contributed by atoms with Crippen molar-refractivity contribution in [2.75, 3.05) is 13.1 Å². The van der Waals surface area contributed by atoms with E-state index < -0.39 is 0 Å². The monoisotopic (exact) mass is 328 g/mol. The Morgan fingerprint density at radius 3 is 2.62 bits per heavy atom. The maximum atomic E-state index is 12.3. The van der Waals surface area contributed by atoms with Gasteiger partial charge in [0.25, 0.3) is 5.56 Å². The molecule has 7 heteroatoms. The predicted octanol–water partition coefficient (Wildman–Crippen LogP) is 1.16. The average molecular weight is 328 g/mol. The molecule has 0 bridgehead atoms. The van der Waals surface area contributed by atoms with E-state index in [0.29, 0.717) is 11.8 Å². The molecular formula is C17H24N6O. The largest absolute Gasteiger partial charge is 0.299 e. The molecule has 0 atom stereocenters. The smallest absolute Gasteiger partial charge is 0.253 e. The van der Waals surface area contributed by atoms with Crippen molar-refractivity contribution in [3.63, 3.8) is 0 Å². The van der Waals surface area contributed by atoms with Crippen molar-refractivity contribution in [3.8, 4) is 0 Å². The van der Waals surface area contributed by atoms with E-state index in [1.54, 1.807) is 17.0 Å². The van der Waals surface area contributed by atoms with Crippen molar-refractivity contribution in [1.29, 1.82) is 0 Å². The summed E-state index contributed by atoms with van der Waals surface area (Å²) in [5.41, 5.74) is 2.23. The average Bonchev–Trinajstić information content (AvgIpc) is 3.36. The highest BCUT2D eigenvalue weighted by atomic mass is 16.1. The Labute approximate surface area is 141 Å². The van der Waals surface area contributed by atoms with Gasteiger partial charge in [0.1, 0.15) is 0 Å². The molecule has 4 rings (SSSR count). The first-order valence-corrected chi connectivity index (χ1v) is 8.81. The summed E-state index contributed by atoms with van der Waals surface area (Å²) in [6.07, 6.45) is 8.18. The van der Waals surface area contributed by atoms with E-state index in [2.05, 4.69) is 20.2 Å². The summed E-state index contributed by atoms with van der Waals surface area (Å²) in [4.78, 5) is 19.2. The fourth-order valence-electron chi connectivity index (χ4n) is 3.47. The van der Waals surface area contributed by atoms with Crippen molar-refractivity contribution in [2.45, 2.75) is 44.7 Å². The fraction of sp³-hybridized carbons (Fsp3) is 0.647. The lowest BCUT2D eigenvalue weighted by atomic mass is 9.96. The number of nitrogens with zero attached hydrogens (tertiary/aromatic N) is 6. The second-order valence-electron chi connectivity index (χ2n) is 7.15. The molecule has 128 valence electrons. The van der Waals surface area contributed by atoms with Gasteiger partial charge in [0.05, 0.1) is 23.9 Å². The van der Waals surface area contributed by atoms with Crippen molar-refractivity contribution >= 4 is 0 Å². The molecule has 0 aromatic carbocycles. The van der Waals surface area contributed by atoms with Gasteiger partial charge in [0, 0.05) is 32.1 Å². The van der Waals surface area contributed by atoms with Crippen molar-refractivity contribution in [2.24, 2.45) is 13.0 Å². The standard InChI is InChI=1S/C17H24N6O/c1-21-15(9-19-20-21)11-22-6-4-13(5-7-22)10-23-12-18-16(8-17(23)24)14-2-3-14/h8-9,12-14H,2-7,10-11H2,1H3. The third-order valence-electron chi connectivity index (χ3n) is 5.25. The molecule has 1 aliphatic heterocycles. The van der Waals surface area contributed by atoms with Crippen molar-refractivity contribution in [3.05, 3.63) is 40.3 Å². The lowest BCUT2D eigenvalue weighted by Gasteiger charge is -2.31. The third kappa shape index (κ3) is 3.40. The molecule has 1 saturated carbocycles. The van der Waals surface area contributed by atoms with Gasteiger partial charge < -0.3 is 0 Å². The highest BCUT2D eigenvalue weighted by Crippen LogP contribution is 2.38. The molecule has 0 amide bonds. The lowest BCUT2D eigenvalue weighted by molar-refractivity contribution is 0.163. The summed E-state index contributed by atoms with van der Waals surface area (Å²) in [5, 5.41) is 7.91. The summed E-state index contributed by atoms with van der Waals surface area (Å²) in [5.74, 6) is 1.09. The molecule has 1 saturated heterocycles. The molecular weight excluding hydrogens is 304 g/mol. The summed E-state index contributed by atoms with van der Waals surface area (Å²) in [7, 11) is 1.93. The quantitative estimate of drug-likeness (QED) is 0.824. The van der Waals surface area contributed by atoms with Crippen LogP contribution in [-0.4, -0.2) is 42.5 Å². The first-order chi connectivity index (χ1) is 11.7. The van der Waals surface area contributed by atoms with Gasteiger partial charge in [0.2, 0.25) is 0 Å². The number of hydrogen-bond acceptors (Lipinski definition) is 5. The number of piperidine rings is 1. The fourth-order valence-corrected chi connectivity index (χ4v) is 3.47. The number of aromatic nitrogens is 5. The van der Waals surface area contributed by atoms with Gasteiger partial charge in [0.15, 0.2) is 0 Å². The van der Waals surface area contributed by atoms with Crippen LogP contribution >= 0.6 is 0 Å². The Kier molecular flexibility index (Phi) is 4.18. The van der Waals surface area contributed by atoms with Crippen LogP contribution in [0.2, 0.25) is 0 Å². The lowest BCUT2D eigenvalue weighted by Crippen LogP contribution is -2.36. The molecule has 3 heterocycles. The van der Waals surface area contributed by atoms with E-state index in [-0.39, 0.29) is 5.56 Å². The Hall–Kier alpha value is -2.02. The second-order valence-corrected chi connectivity index (χ2v) is 7.15. The zero-order chi connectivity index (χ0) is 16.5. The summed E-state index contributed by atoms with van der Waals surface area (Å²) < 4.78 is 3.62. The van der Waals surface area contributed by atoms with Gasteiger partial charge in [-0.05, 0) is 44.7 Å². The zero-order valence-electron chi connectivity index (χ0n) is 14.1. The minimum absolute atomic E-state index is 0.107. The maximum Gasteiger partial charge on any atom is 0.253 e. The van der Waals surface area contributed by atoms with Crippen LogP contribution in [0, 0.1) is 5.92 Å². The van der Waals surface area contributed by atoms with Gasteiger partial charge >= 0.3 is 0 Å². The highest BCUT2D eigenvalue weighted by Gasteiger charge is 2.26. The normalized spacial score (nSPS) is 19.7. The van der Waals surface area contributed by atoms with Crippen LogP contribution < -0.4 is 5.56 Å². The first kappa shape index (κ1) is 15.5. The first-order valence-electron chi connectivity index (χ1n) is 8.81. The highest BCUT2D eigenvalue weighted by molar-refractivity contribution is 5.12. The molecule has 2 aromatic heterocycles. The molecule has 2 aliphatic rings. The van der Waals surface area contributed by atoms with Crippen LogP contribution in [0.1, 0.15) is 43.0 Å². The number of rotatable bonds is 5. The van der Waals surface area contributed by atoms with Gasteiger partial charge in [-0.1, -0.05) is 5.21 Å². The number of likely N-dealkylation sites (tertiary alicyclic amines) is 1. The molecule has 1 aliphatic carbocycles. The Bertz CT molecular complexity index is 754. The third-order valence-corrected chi connectivity index (χ3v) is 5.25. The van der Waals surface area contributed by atoms with Crippen LogP contribution in [0.25, 0.3) is 0 Å². The molecule has 2 aromatic rings. The molecule has 0 unspecified atom stereocenters. The van der Waals surface area contributed by atoms with E-state index >= 15 is 0 Å². The van der Waals surface area contributed by atoms with Crippen LogP contribution in [0.5, 0.6) is 0 Å². The Morgan fingerprint density at radius 1 is 1.21 bits per heavy atom. The minimum atomic E-state index is 0.107. The van der Waals surface area contributed by atoms with Crippen LogP contribution in [0.3, 0.4) is 0 Å². The molecule has 0 radical (unpaired) electrons. The van der Waals surface area contributed by atoms with E-state index in [1.165, 1.54) is 12.8 Å². The van der Waals surface area contributed by atoms with Crippen molar-refractivity contribution < 1.29 is 0 Å².